The zero-order chi connectivity index (χ0) is 24.8. The van der Waals surface area contributed by atoms with E-state index in [0.29, 0.717) is 16.9 Å². The van der Waals surface area contributed by atoms with Gasteiger partial charge in [0.1, 0.15) is 11.6 Å². The number of piperidine rings is 1. The van der Waals surface area contributed by atoms with Crippen LogP contribution in [0, 0.1) is 5.82 Å². The first-order valence-electron chi connectivity index (χ1n) is 11.0. The summed E-state index contributed by atoms with van der Waals surface area (Å²) < 4.78 is 50.7. The van der Waals surface area contributed by atoms with Crippen LogP contribution in [0.25, 0.3) is 11.8 Å². The largest absolute Gasteiger partial charge is 0.495 e. The number of aliphatic hydroxyl groups is 1. The van der Waals surface area contributed by atoms with Gasteiger partial charge in [0.25, 0.3) is 5.92 Å². The topological polar surface area (TPSA) is 83.1 Å². The molecule has 182 valence electrons. The summed E-state index contributed by atoms with van der Waals surface area (Å²) in [5.41, 5.74) is 0.612. The normalized spacial score (nSPS) is 25.7. The smallest absolute Gasteiger partial charge is 0.269 e. The maximum absolute atomic E-state index is 15.0. The van der Waals surface area contributed by atoms with Crippen LogP contribution in [0.4, 0.5) is 13.2 Å². The Morgan fingerprint density at radius 1 is 1.20 bits per heavy atom. The fraction of sp³-hybridized carbons (Fsp3) is 0.280. The Morgan fingerprint density at radius 3 is 2.54 bits per heavy atom. The zero-order valence-corrected chi connectivity index (χ0v) is 18.8. The van der Waals surface area contributed by atoms with Gasteiger partial charge in [-0.2, -0.15) is 0 Å². The monoisotopic (exact) mass is 484 g/mol. The summed E-state index contributed by atoms with van der Waals surface area (Å²) in [5, 5.41) is 23.8. The third kappa shape index (κ3) is 4.03. The molecule has 0 amide bonds. The standard InChI is InChI=1S/C25H23F3N4O3/c1-35-21-11-16(2-7-20(21)31-9-8-29-15-31)10-17-12-24(27,28)14-32(23(17)30-34)25(13-22(25)33)18-3-5-19(26)6-4-18/h2-11,15,22,33-34H,12-14H2,1H3/b17-10+,30-23-/t22?,25-/m1/s1. The van der Waals surface area contributed by atoms with E-state index >= 15 is 0 Å². The summed E-state index contributed by atoms with van der Waals surface area (Å²) in [7, 11) is 1.50. The van der Waals surface area contributed by atoms with E-state index in [1.54, 1.807) is 41.5 Å². The molecule has 1 aliphatic heterocycles. The molecule has 2 fully saturated rings. The van der Waals surface area contributed by atoms with Crippen LogP contribution in [0.2, 0.25) is 0 Å². The number of imidazole rings is 1. The highest BCUT2D eigenvalue weighted by Gasteiger charge is 2.63. The molecule has 1 saturated heterocycles. The number of alkyl halides is 2. The number of nitrogens with zero attached hydrogens (tertiary/aromatic N) is 4. The van der Waals surface area contributed by atoms with E-state index in [-0.39, 0.29) is 17.8 Å². The minimum atomic E-state index is -3.16. The lowest BCUT2D eigenvalue weighted by atomic mass is 9.92. The summed E-state index contributed by atoms with van der Waals surface area (Å²) in [6.45, 7) is -0.749. The van der Waals surface area contributed by atoms with Crippen LogP contribution in [0.1, 0.15) is 24.0 Å². The number of rotatable bonds is 5. The van der Waals surface area contributed by atoms with Crippen LogP contribution >= 0.6 is 0 Å². The van der Waals surface area contributed by atoms with Crippen molar-refractivity contribution in [2.24, 2.45) is 5.16 Å². The maximum atomic E-state index is 15.0. The zero-order valence-electron chi connectivity index (χ0n) is 18.8. The minimum absolute atomic E-state index is 0.0607. The molecule has 35 heavy (non-hydrogen) atoms. The average Bonchev–Trinajstić information content (AvgIpc) is 3.24. The van der Waals surface area contributed by atoms with Gasteiger partial charge in [-0.3, -0.25) is 0 Å². The molecule has 1 aromatic heterocycles. The molecule has 0 bridgehead atoms. The van der Waals surface area contributed by atoms with Crippen molar-refractivity contribution >= 4 is 11.9 Å². The number of oxime groups is 1. The summed E-state index contributed by atoms with van der Waals surface area (Å²) in [6, 6.07) is 10.5. The van der Waals surface area contributed by atoms with Crippen LogP contribution in [0.15, 0.2) is 71.9 Å². The third-order valence-corrected chi connectivity index (χ3v) is 6.52. The molecule has 10 heteroatoms. The molecular formula is C25H23F3N4O3. The van der Waals surface area contributed by atoms with E-state index in [4.69, 9.17) is 4.74 Å². The predicted octanol–water partition coefficient (Wildman–Crippen LogP) is 4.19. The highest BCUT2D eigenvalue weighted by Crippen LogP contribution is 2.54. The number of hydrogen-bond donors (Lipinski definition) is 2. The Bertz CT molecular complexity index is 1290. The quantitative estimate of drug-likeness (QED) is 0.419. The molecular weight excluding hydrogens is 461 g/mol. The van der Waals surface area contributed by atoms with Crippen LogP contribution in [-0.2, 0) is 5.54 Å². The molecule has 1 unspecified atom stereocenters. The average molecular weight is 484 g/mol. The fourth-order valence-corrected chi connectivity index (χ4v) is 4.79. The van der Waals surface area contributed by atoms with Gasteiger partial charge in [-0.1, -0.05) is 23.4 Å². The molecule has 2 atom stereocenters. The second-order valence-corrected chi connectivity index (χ2v) is 8.76. The third-order valence-electron chi connectivity index (χ3n) is 6.52. The summed E-state index contributed by atoms with van der Waals surface area (Å²) in [5.74, 6) is -3.20. The molecule has 0 radical (unpaired) electrons. The van der Waals surface area contributed by atoms with Crippen molar-refractivity contribution in [2.75, 3.05) is 13.7 Å². The molecule has 0 spiro atoms. The number of aromatic nitrogens is 2. The van der Waals surface area contributed by atoms with Crippen molar-refractivity contribution in [2.45, 2.75) is 30.4 Å². The summed E-state index contributed by atoms with van der Waals surface area (Å²) in [6.07, 6.45) is 5.03. The number of benzene rings is 2. The lowest BCUT2D eigenvalue weighted by molar-refractivity contribution is -0.0393. The number of ether oxygens (including phenoxy) is 1. The minimum Gasteiger partial charge on any atom is -0.495 e. The van der Waals surface area contributed by atoms with Crippen molar-refractivity contribution in [3.05, 3.63) is 83.7 Å². The molecule has 2 heterocycles. The molecule has 2 N–H and O–H groups in total. The first-order valence-corrected chi connectivity index (χ1v) is 11.0. The van der Waals surface area contributed by atoms with E-state index in [9.17, 15) is 23.5 Å². The molecule has 1 aliphatic carbocycles. The van der Waals surface area contributed by atoms with Crippen LogP contribution in [0.3, 0.4) is 0 Å². The number of halogens is 3. The Hall–Kier alpha value is -3.79. The van der Waals surface area contributed by atoms with Crippen LogP contribution < -0.4 is 4.74 Å². The summed E-state index contributed by atoms with van der Waals surface area (Å²) in [4.78, 5) is 5.26. The number of methoxy groups -OCH3 is 1. The van der Waals surface area contributed by atoms with Gasteiger partial charge in [-0.25, -0.2) is 18.2 Å². The number of aliphatic hydroxyl groups excluding tert-OH is 1. The van der Waals surface area contributed by atoms with E-state index in [1.165, 1.54) is 42.4 Å². The second kappa shape index (κ2) is 8.46. The molecule has 1 saturated carbocycles. The number of hydrogen-bond acceptors (Lipinski definition) is 5. The van der Waals surface area contributed by atoms with E-state index in [0.717, 1.165) is 5.69 Å². The van der Waals surface area contributed by atoms with Crippen LogP contribution in [0.5, 0.6) is 5.75 Å². The number of likely N-dealkylation sites (tertiary alicyclic amines) is 1. The Morgan fingerprint density at radius 2 is 1.94 bits per heavy atom. The van der Waals surface area contributed by atoms with Crippen LogP contribution in [-0.4, -0.2) is 56.3 Å². The Balaban J connectivity index is 1.55. The molecule has 2 aromatic carbocycles. The van der Waals surface area contributed by atoms with Crippen molar-refractivity contribution < 1.29 is 28.2 Å². The van der Waals surface area contributed by atoms with Gasteiger partial charge < -0.3 is 24.5 Å². The molecule has 5 rings (SSSR count). The first-order chi connectivity index (χ1) is 16.8. The number of amidine groups is 1. The lowest BCUT2D eigenvalue weighted by Crippen LogP contribution is -2.53. The maximum Gasteiger partial charge on any atom is 0.269 e. The van der Waals surface area contributed by atoms with Gasteiger partial charge in [0.2, 0.25) is 0 Å². The van der Waals surface area contributed by atoms with Gasteiger partial charge in [0.15, 0.2) is 5.84 Å². The Labute approximate surface area is 199 Å². The highest BCUT2D eigenvalue weighted by molar-refractivity contribution is 6.03. The van der Waals surface area contributed by atoms with Crippen molar-refractivity contribution in [3.8, 4) is 11.4 Å². The highest BCUT2D eigenvalue weighted by atomic mass is 19.3. The second-order valence-electron chi connectivity index (χ2n) is 8.76. The molecule has 3 aromatic rings. The van der Waals surface area contributed by atoms with Gasteiger partial charge in [-0.05, 0) is 41.5 Å². The van der Waals surface area contributed by atoms with Crippen molar-refractivity contribution in [1.29, 1.82) is 0 Å². The SMILES string of the molecule is COc1cc(/C=C2\CC(F)(F)CN([C@@]3(c4ccc(F)cc4)CC3O)\C2=N/O)ccc1-n1ccnc1. The van der Waals surface area contributed by atoms with Gasteiger partial charge in [0.05, 0.1) is 37.3 Å². The lowest BCUT2D eigenvalue weighted by Gasteiger charge is -2.41. The van der Waals surface area contributed by atoms with E-state index in [2.05, 4.69) is 10.1 Å². The Kier molecular flexibility index (Phi) is 5.55. The van der Waals surface area contributed by atoms with Gasteiger partial charge in [0, 0.05) is 30.8 Å². The molecule has 7 nitrogen and oxygen atoms in total. The van der Waals surface area contributed by atoms with E-state index in [1.807, 2.05) is 0 Å². The van der Waals surface area contributed by atoms with E-state index < -0.39 is 36.3 Å². The predicted molar refractivity (Wildman–Crippen MR) is 122 cm³/mol. The fourth-order valence-electron chi connectivity index (χ4n) is 4.79. The summed E-state index contributed by atoms with van der Waals surface area (Å²) >= 11 is 0. The first kappa shape index (κ1) is 23.0. The van der Waals surface area contributed by atoms with Gasteiger partial charge >= 0.3 is 0 Å². The van der Waals surface area contributed by atoms with Crippen molar-refractivity contribution in [1.82, 2.24) is 14.5 Å². The van der Waals surface area contributed by atoms with Crippen molar-refractivity contribution in [3.63, 3.8) is 0 Å². The van der Waals surface area contributed by atoms with Gasteiger partial charge in [-0.15, -0.1) is 0 Å². The molecule has 2 aliphatic rings.